The van der Waals surface area contributed by atoms with E-state index in [4.69, 9.17) is 0 Å². The van der Waals surface area contributed by atoms with Crippen molar-refractivity contribution in [3.63, 3.8) is 0 Å². The average Bonchev–Trinajstić information content (AvgIpc) is 2.41. The molecule has 1 N–H and O–H groups in total. The zero-order chi connectivity index (χ0) is 15.6. The summed E-state index contributed by atoms with van der Waals surface area (Å²) in [5, 5.41) is 3.61. The molecule has 0 aromatic heterocycles. The van der Waals surface area contributed by atoms with Crippen LogP contribution >= 0.6 is 31.9 Å². The predicted molar refractivity (Wildman–Crippen MR) is 98.0 cm³/mol. The van der Waals surface area contributed by atoms with Crippen LogP contribution in [0.5, 0.6) is 0 Å². The van der Waals surface area contributed by atoms with Gasteiger partial charge in [-0.2, -0.15) is 0 Å². The molecule has 0 aliphatic rings. The quantitative estimate of drug-likeness (QED) is 0.667. The summed E-state index contributed by atoms with van der Waals surface area (Å²) < 4.78 is 2.29. The van der Waals surface area contributed by atoms with E-state index in [2.05, 4.69) is 95.2 Å². The van der Waals surface area contributed by atoms with E-state index in [1.54, 1.807) is 0 Å². The third-order valence-electron chi connectivity index (χ3n) is 3.73. The first-order valence-corrected chi connectivity index (χ1v) is 8.78. The molecule has 0 radical (unpaired) electrons. The summed E-state index contributed by atoms with van der Waals surface area (Å²) in [6, 6.07) is 11.2. The van der Waals surface area contributed by atoms with E-state index < -0.39 is 0 Å². The van der Waals surface area contributed by atoms with Crippen LogP contribution in [0, 0.1) is 20.8 Å². The van der Waals surface area contributed by atoms with Gasteiger partial charge in [-0.15, -0.1) is 0 Å². The summed E-state index contributed by atoms with van der Waals surface area (Å²) in [6.45, 7) is 9.50. The van der Waals surface area contributed by atoms with Crippen molar-refractivity contribution in [3.8, 4) is 0 Å². The molecule has 0 aliphatic carbocycles. The molecule has 0 saturated heterocycles. The highest BCUT2D eigenvalue weighted by atomic mass is 79.9. The van der Waals surface area contributed by atoms with Crippen LogP contribution in [0.2, 0.25) is 0 Å². The monoisotopic (exact) mass is 409 g/mol. The summed E-state index contributed by atoms with van der Waals surface area (Å²) in [5.74, 6) is 0. The van der Waals surface area contributed by atoms with Crippen molar-refractivity contribution in [2.24, 2.45) is 0 Å². The molecule has 112 valence electrons. The zero-order valence-corrected chi connectivity index (χ0v) is 16.1. The van der Waals surface area contributed by atoms with Gasteiger partial charge >= 0.3 is 0 Å². The Balaban J connectivity index is 2.55. The summed E-state index contributed by atoms with van der Waals surface area (Å²) in [7, 11) is 0. The molecule has 0 amide bonds. The fourth-order valence-corrected chi connectivity index (χ4v) is 3.67. The van der Waals surface area contributed by atoms with Crippen molar-refractivity contribution < 1.29 is 0 Å². The Labute approximate surface area is 144 Å². The first-order chi connectivity index (χ1) is 9.93. The Kier molecular flexibility index (Phi) is 5.64. The lowest BCUT2D eigenvalue weighted by Crippen LogP contribution is -2.23. The van der Waals surface area contributed by atoms with E-state index in [1.165, 1.54) is 27.8 Å². The van der Waals surface area contributed by atoms with Crippen molar-refractivity contribution in [2.75, 3.05) is 6.54 Å². The highest BCUT2D eigenvalue weighted by molar-refractivity contribution is 9.11. The molecule has 2 aromatic carbocycles. The molecular formula is C18H21Br2N. The van der Waals surface area contributed by atoms with E-state index >= 15 is 0 Å². The third kappa shape index (κ3) is 3.77. The zero-order valence-electron chi connectivity index (χ0n) is 12.9. The first-order valence-electron chi connectivity index (χ1n) is 7.20. The molecule has 21 heavy (non-hydrogen) atoms. The van der Waals surface area contributed by atoms with Gasteiger partial charge in [-0.05, 0) is 61.7 Å². The lowest BCUT2D eigenvalue weighted by atomic mass is 9.93. The minimum atomic E-state index is 0.196. The standard InChI is InChI=1S/C18H21Br2N/c1-5-21-18(14-7-6-11(2)8-12(14)3)15-10-16(19)13(4)9-17(15)20/h6-10,18,21H,5H2,1-4H3. The summed E-state index contributed by atoms with van der Waals surface area (Å²) in [5.41, 5.74) is 6.46. The second-order valence-corrected chi connectivity index (χ2v) is 7.18. The number of halogens is 2. The Morgan fingerprint density at radius 2 is 1.62 bits per heavy atom. The number of aryl methyl sites for hydroxylation is 3. The summed E-state index contributed by atoms with van der Waals surface area (Å²) >= 11 is 7.38. The summed E-state index contributed by atoms with van der Waals surface area (Å²) in [4.78, 5) is 0. The minimum absolute atomic E-state index is 0.196. The molecule has 0 heterocycles. The van der Waals surface area contributed by atoms with Gasteiger partial charge in [0.2, 0.25) is 0 Å². The molecule has 0 saturated carbocycles. The van der Waals surface area contributed by atoms with Gasteiger partial charge < -0.3 is 5.32 Å². The van der Waals surface area contributed by atoms with Gasteiger partial charge in [-0.3, -0.25) is 0 Å². The van der Waals surface area contributed by atoms with Gasteiger partial charge in [-0.1, -0.05) is 62.5 Å². The highest BCUT2D eigenvalue weighted by Gasteiger charge is 2.18. The highest BCUT2D eigenvalue weighted by Crippen LogP contribution is 2.34. The van der Waals surface area contributed by atoms with Crippen molar-refractivity contribution >= 4 is 31.9 Å². The number of hydrogen-bond acceptors (Lipinski definition) is 1. The predicted octanol–water partition coefficient (Wildman–Crippen LogP) is 5.84. The molecule has 0 fully saturated rings. The fourth-order valence-electron chi connectivity index (χ4n) is 2.62. The van der Waals surface area contributed by atoms with E-state index in [0.717, 1.165) is 15.5 Å². The van der Waals surface area contributed by atoms with Crippen LogP contribution in [-0.2, 0) is 0 Å². The first kappa shape index (κ1) is 16.7. The molecular weight excluding hydrogens is 390 g/mol. The van der Waals surface area contributed by atoms with Crippen LogP contribution in [-0.4, -0.2) is 6.54 Å². The fraction of sp³-hybridized carbons (Fsp3) is 0.333. The second-order valence-electron chi connectivity index (χ2n) is 5.47. The number of nitrogens with one attached hydrogen (secondary N) is 1. The van der Waals surface area contributed by atoms with Gasteiger partial charge in [0, 0.05) is 8.95 Å². The SMILES string of the molecule is CCNC(c1ccc(C)cc1C)c1cc(Br)c(C)cc1Br. The lowest BCUT2D eigenvalue weighted by molar-refractivity contribution is 0.625. The normalized spacial score (nSPS) is 12.5. The average molecular weight is 411 g/mol. The number of rotatable bonds is 4. The van der Waals surface area contributed by atoms with Gasteiger partial charge in [-0.25, -0.2) is 0 Å². The Morgan fingerprint density at radius 3 is 2.24 bits per heavy atom. The van der Waals surface area contributed by atoms with E-state index in [-0.39, 0.29) is 6.04 Å². The largest absolute Gasteiger partial charge is 0.306 e. The van der Waals surface area contributed by atoms with E-state index in [0.29, 0.717) is 0 Å². The topological polar surface area (TPSA) is 12.0 Å². The molecule has 3 heteroatoms. The van der Waals surface area contributed by atoms with E-state index in [1.807, 2.05) is 0 Å². The molecule has 2 aromatic rings. The van der Waals surface area contributed by atoms with Crippen LogP contribution in [0.4, 0.5) is 0 Å². The molecule has 1 atom stereocenters. The number of benzene rings is 2. The van der Waals surface area contributed by atoms with Crippen LogP contribution in [0.15, 0.2) is 39.3 Å². The lowest BCUT2D eigenvalue weighted by Gasteiger charge is -2.23. The van der Waals surface area contributed by atoms with Gasteiger partial charge in [0.25, 0.3) is 0 Å². The van der Waals surface area contributed by atoms with E-state index in [9.17, 15) is 0 Å². The molecule has 0 aliphatic heterocycles. The second kappa shape index (κ2) is 7.08. The third-order valence-corrected chi connectivity index (χ3v) is 5.27. The van der Waals surface area contributed by atoms with Gasteiger partial charge in [0.15, 0.2) is 0 Å². The van der Waals surface area contributed by atoms with Crippen LogP contribution in [0.3, 0.4) is 0 Å². The molecule has 1 nitrogen and oxygen atoms in total. The van der Waals surface area contributed by atoms with Gasteiger partial charge in [0.1, 0.15) is 0 Å². The maximum Gasteiger partial charge on any atom is 0.0590 e. The maximum absolute atomic E-state index is 3.73. The smallest absolute Gasteiger partial charge is 0.0590 e. The van der Waals surface area contributed by atoms with Crippen LogP contribution < -0.4 is 5.32 Å². The minimum Gasteiger partial charge on any atom is -0.306 e. The molecule has 0 bridgehead atoms. The number of hydrogen-bond donors (Lipinski definition) is 1. The Bertz CT molecular complexity index is 650. The van der Waals surface area contributed by atoms with Crippen molar-refractivity contribution in [2.45, 2.75) is 33.7 Å². The van der Waals surface area contributed by atoms with Crippen molar-refractivity contribution in [1.29, 1.82) is 0 Å². The van der Waals surface area contributed by atoms with Crippen LogP contribution in [0.25, 0.3) is 0 Å². The molecule has 2 rings (SSSR count). The van der Waals surface area contributed by atoms with Crippen molar-refractivity contribution in [3.05, 3.63) is 67.1 Å². The Morgan fingerprint density at radius 1 is 0.905 bits per heavy atom. The van der Waals surface area contributed by atoms with Crippen LogP contribution in [0.1, 0.15) is 40.8 Å². The maximum atomic E-state index is 3.73. The molecule has 0 spiro atoms. The molecule has 1 unspecified atom stereocenters. The summed E-state index contributed by atoms with van der Waals surface area (Å²) in [6.07, 6.45) is 0. The van der Waals surface area contributed by atoms with Crippen molar-refractivity contribution in [1.82, 2.24) is 5.32 Å². The van der Waals surface area contributed by atoms with Gasteiger partial charge in [0.05, 0.1) is 6.04 Å². The Hall–Kier alpha value is -0.640.